The lowest BCUT2D eigenvalue weighted by Gasteiger charge is -2.19. The van der Waals surface area contributed by atoms with E-state index >= 15 is 0 Å². The first kappa shape index (κ1) is 9.97. The first-order chi connectivity index (χ1) is 7.13. The fourth-order valence-corrected chi connectivity index (χ4v) is 1.97. The van der Waals surface area contributed by atoms with Gasteiger partial charge >= 0.3 is 0 Å². The standard InChI is InChI=1S/C10H8BF2NO/c12-8-3-9(15)7-4-11(5-14)2-1-6(7)10(8)13/h3,15H,1-2,4H2. The molecule has 0 saturated heterocycles. The summed E-state index contributed by atoms with van der Waals surface area (Å²) in [6.07, 6.45) is 1.13. The van der Waals surface area contributed by atoms with Gasteiger partial charge in [0.05, 0.1) is 0 Å². The zero-order chi connectivity index (χ0) is 11.0. The van der Waals surface area contributed by atoms with E-state index in [1.54, 1.807) is 0 Å². The second kappa shape index (κ2) is 3.54. The van der Waals surface area contributed by atoms with Crippen LogP contribution >= 0.6 is 0 Å². The molecule has 0 unspecified atom stereocenters. The van der Waals surface area contributed by atoms with Crippen LogP contribution in [0.15, 0.2) is 6.07 Å². The smallest absolute Gasteiger partial charge is 0.272 e. The summed E-state index contributed by atoms with van der Waals surface area (Å²) in [6, 6.07) is 0.772. The summed E-state index contributed by atoms with van der Waals surface area (Å²) in [5, 5.41) is 18.2. The van der Waals surface area contributed by atoms with Gasteiger partial charge in [0, 0.05) is 12.0 Å². The quantitative estimate of drug-likeness (QED) is 0.659. The van der Waals surface area contributed by atoms with Crippen LogP contribution in [0, 0.1) is 22.9 Å². The molecule has 1 aromatic carbocycles. The van der Waals surface area contributed by atoms with Crippen LogP contribution in [0.2, 0.25) is 6.32 Å². The Morgan fingerprint density at radius 1 is 1.40 bits per heavy atom. The van der Waals surface area contributed by atoms with Crippen molar-refractivity contribution in [2.75, 3.05) is 0 Å². The van der Waals surface area contributed by atoms with Crippen molar-refractivity contribution in [2.45, 2.75) is 19.1 Å². The van der Waals surface area contributed by atoms with Crippen molar-refractivity contribution in [2.24, 2.45) is 0 Å². The Balaban J connectivity index is 2.52. The molecule has 0 amide bonds. The molecule has 0 atom stereocenters. The number of hydrogen-bond donors (Lipinski definition) is 1. The molecule has 0 radical (unpaired) electrons. The minimum atomic E-state index is -1.03. The first-order valence-electron chi connectivity index (χ1n) is 4.71. The molecule has 0 fully saturated rings. The Labute approximate surface area is 86.2 Å². The summed E-state index contributed by atoms with van der Waals surface area (Å²) >= 11 is 0. The first-order valence-corrected chi connectivity index (χ1v) is 4.71. The third kappa shape index (κ3) is 1.56. The SMILES string of the molecule is N#CB1CCc2c(F)c(F)cc(O)c2C1. The molecule has 0 aliphatic carbocycles. The van der Waals surface area contributed by atoms with Crippen molar-refractivity contribution in [3.63, 3.8) is 0 Å². The van der Waals surface area contributed by atoms with E-state index < -0.39 is 11.6 Å². The van der Waals surface area contributed by atoms with Crippen molar-refractivity contribution < 1.29 is 13.9 Å². The number of nitrogens with zero attached hydrogens (tertiary/aromatic N) is 1. The molecule has 1 aromatic rings. The van der Waals surface area contributed by atoms with Gasteiger partial charge in [0.1, 0.15) is 5.75 Å². The van der Waals surface area contributed by atoms with Gasteiger partial charge in [-0.05, 0) is 23.9 Å². The number of halogens is 2. The Morgan fingerprint density at radius 3 is 2.80 bits per heavy atom. The molecule has 5 heteroatoms. The number of nitriles is 1. The lowest BCUT2D eigenvalue weighted by molar-refractivity contribution is 0.444. The fraction of sp³-hybridized carbons (Fsp3) is 0.300. The topological polar surface area (TPSA) is 44.0 Å². The van der Waals surface area contributed by atoms with Gasteiger partial charge in [0.15, 0.2) is 11.6 Å². The maximum absolute atomic E-state index is 13.3. The molecule has 0 saturated carbocycles. The highest BCUT2D eigenvalue weighted by atomic mass is 19.2. The third-order valence-electron chi connectivity index (χ3n) is 2.79. The van der Waals surface area contributed by atoms with Crippen LogP contribution < -0.4 is 0 Å². The Morgan fingerprint density at radius 2 is 2.13 bits per heavy atom. The third-order valence-corrected chi connectivity index (χ3v) is 2.79. The van der Waals surface area contributed by atoms with Gasteiger partial charge < -0.3 is 5.11 Å². The average Bonchev–Trinajstić information content (AvgIpc) is 2.25. The van der Waals surface area contributed by atoms with Gasteiger partial charge in [-0.2, -0.15) is 0 Å². The van der Waals surface area contributed by atoms with Gasteiger partial charge in [0.2, 0.25) is 0 Å². The summed E-state index contributed by atoms with van der Waals surface area (Å²) in [7, 11) is 0. The van der Waals surface area contributed by atoms with Gasteiger partial charge in [0.25, 0.3) is 6.71 Å². The lowest BCUT2D eigenvalue weighted by atomic mass is 9.42. The van der Waals surface area contributed by atoms with Crippen LogP contribution in [0.25, 0.3) is 0 Å². The van der Waals surface area contributed by atoms with E-state index in [9.17, 15) is 13.9 Å². The average molecular weight is 207 g/mol. The van der Waals surface area contributed by atoms with E-state index in [0.717, 1.165) is 6.07 Å². The van der Waals surface area contributed by atoms with Crippen LogP contribution in [-0.4, -0.2) is 11.8 Å². The van der Waals surface area contributed by atoms with Crippen molar-refractivity contribution in [1.29, 1.82) is 5.26 Å². The van der Waals surface area contributed by atoms with Gasteiger partial charge in [-0.15, -0.1) is 0 Å². The van der Waals surface area contributed by atoms with Crippen molar-refractivity contribution in [3.8, 4) is 11.7 Å². The van der Waals surface area contributed by atoms with Gasteiger partial charge in [-0.25, -0.2) is 14.0 Å². The molecule has 0 bridgehead atoms. The summed E-state index contributed by atoms with van der Waals surface area (Å²) in [6.45, 7) is -0.215. The number of phenols is 1. The molecule has 1 aliphatic rings. The molecule has 15 heavy (non-hydrogen) atoms. The number of hydrogen-bond acceptors (Lipinski definition) is 2. The highest BCUT2D eigenvalue weighted by Gasteiger charge is 2.28. The van der Waals surface area contributed by atoms with E-state index in [1.165, 1.54) is 0 Å². The number of benzene rings is 1. The predicted octanol–water partition coefficient (Wildman–Crippen LogP) is 1.87. The van der Waals surface area contributed by atoms with Gasteiger partial charge in [-0.1, -0.05) is 6.32 Å². The van der Waals surface area contributed by atoms with E-state index in [2.05, 4.69) is 5.97 Å². The zero-order valence-corrected chi connectivity index (χ0v) is 7.93. The van der Waals surface area contributed by atoms with E-state index in [0.29, 0.717) is 24.6 Å². The van der Waals surface area contributed by atoms with Crippen LogP contribution in [0.4, 0.5) is 8.78 Å². The molecule has 1 heterocycles. The number of aromatic hydroxyl groups is 1. The highest BCUT2D eigenvalue weighted by Crippen LogP contribution is 2.32. The molecule has 76 valence electrons. The van der Waals surface area contributed by atoms with Crippen LogP contribution in [0.5, 0.6) is 5.75 Å². The Bertz CT molecular complexity index is 456. The highest BCUT2D eigenvalue weighted by molar-refractivity contribution is 6.66. The molecule has 1 aliphatic heterocycles. The lowest BCUT2D eigenvalue weighted by Crippen LogP contribution is -2.23. The molecular weight excluding hydrogens is 199 g/mol. The largest absolute Gasteiger partial charge is 0.508 e. The summed E-state index contributed by atoms with van der Waals surface area (Å²) in [5.74, 6) is -0.0835. The van der Waals surface area contributed by atoms with Crippen LogP contribution in [-0.2, 0) is 12.7 Å². The van der Waals surface area contributed by atoms with E-state index in [1.807, 2.05) is 0 Å². The fourth-order valence-electron chi connectivity index (χ4n) is 1.97. The maximum Gasteiger partial charge on any atom is 0.272 e. The number of fused-ring (bicyclic) bond motifs is 1. The molecule has 2 nitrogen and oxygen atoms in total. The second-order valence-electron chi connectivity index (χ2n) is 3.72. The van der Waals surface area contributed by atoms with Crippen molar-refractivity contribution in [3.05, 3.63) is 28.8 Å². The minimum absolute atomic E-state index is 0.215. The van der Waals surface area contributed by atoms with E-state index in [-0.39, 0.29) is 18.0 Å². The molecule has 0 aromatic heterocycles. The van der Waals surface area contributed by atoms with Gasteiger partial charge in [-0.3, -0.25) is 0 Å². The molecule has 1 N–H and O–H groups in total. The molecule has 0 spiro atoms. The second-order valence-corrected chi connectivity index (χ2v) is 3.72. The number of phenolic OH excluding ortho intramolecular Hbond substituents is 1. The Kier molecular flexibility index (Phi) is 2.35. The van der Waals surface area contributed by atoms with Crippen LogP contribution in [0.1, 0.15) is 11.1 Å². The summed E-state index contributed by atoms with van der Waals surface area (Å²) < 4.78 is 26.3. The monoisotopic (exact) mass is 207 g/mol. The normalized spacial score (nSPS) is 14.6. The number of rotatable bonds is 0. The minimum Gasteiger partial charge on any atom is -0.508 e. The molecule has 2 rings (SSSR count). The summed E-state index contributed by atoms with van der Waals surface area (Å²) in [4.78, 5) is 0. The Hall–Kier alpha value is -1.57. The van der Waals surface area contributed by atoms with Crippen molar-refractivity contribution in [1.82, 2.24) is 0 Å². The molecular formula is C10H8BF2NO. The summed E-state index contributed by atoms with van der Waals surface area (Å²) in [5.41, 5.74) is 0.603. The zero-order valence-electron chi connectivity index (χ0n) is 7.93. The predicted molar refractivity (Wildman–Crippen MR) is 51.6 cm³/mol. The maximum atomic E-state index is 13.3. The van der Waals surface area contributed by atoms with Crippen LogP contribution in [0.3, 0.4) is 0 Å². The van der Waals surface area contributed by atoms with E-state index in [4.69, 9.17) is 5.26 Å². The van der Waals surface area contributed by atoms with Crippen molar-refractivity contribution >= 4 is 6.71 Å².